The van der Waals surface area contributed by atoms with Gasteiger partial charge in [0.05, 0.1) is 17.9 Å². The van der Waals surface area contributed by atoms with Gasteiger partial charge >= 0.3 is 0 Å². The Labute approximate surface area is 246 Å². The van der Waals surface area contributed by atoms with Gasteiger partial charge in [0.15, 0.2) is 16.7 Å². The van der Waals surface area contributed by atoms with E-state index in [1.165, 1.54) is 18.0 Å². The van der Waals surface area contributed by atoms with Gasteiger partial charge < -0.3 is 19.0 Å². The second-order valence-electron chi connectivity index (χ2n) is 9.35. The van der Waals surface area contributed by atoms with Gasteiger partial charge in [-0.1, -0.05) is 53.7 Å². The first-order valence-corrected chi connectivity index (χ1v) is 14.5. The summed E-state index contributed by atoms with van der Waals surface area (Å²) >= 11 is 7.92. The average Bonchev–Trinajstić information content (AvgIpc) is 3.68. The molecule has 6 rings (SSSR count). The minimum absolute atomic E-state index is 0.132. The topological polar surface area (TPSA) is 89.5 Å². The van der Waals surface area contributed by atoms with E-state index in [0.717, 1.165) is 35.8 Å². The molecule has 0 spiro atoms. The van der Waals surface area contributed by atoms with Crippen molar-refractivity contribution in [3.63, 3.8) is 0 Å². The van der Waals surface area contributed by atoms with Crippen molar-refractivity contribution in [3.8, 4) is 22.8 Å². The highest BCUT2D eigenvalue weighted by Gasteiger charge is 2.25. The van der Waals surface area contributed by atoms with Crippen molar-refractivity contribution in [2.45, 2.75) is 10.9 Å². The average molecular weight is 587 g/mol. The normalized spacial score (nSPS) is 13.4. The molecule has 2 aromatic heterocycles. The second-order valence-corrected chi connectivity index (χ2v) is 10.7. The van der Waals surface area contributed by atoms with Crippen LogP contribution in [0.1, 0.15) is 16.4 Å². The summed E-state index contributed by atoms with van der Waals surface area (Å²) in [5, 5.41) is 10.1. The van der Waals surface area contributed by atoms with Crippen LogP contribution in [0.25, 0.3) is 17.1 Å². The Hall–Kier alpha value is -4.28. The van der Waals surface area contributed by atoms with Gasteiger partial charge in [0.25, 0.3) is 5.91 Å². The van der Waals surface area contributed by atoms with Crippen molar-refractivity contribution in [2.24, 2.45) is 0 Å². The Morgan fingerprint density at radius 1 is 0.927 bits per heavy atom. The van der Waals surface area contributed by atoms with Crippen molar-refractivity contribution in [1.82, 2.24) is 24.6 Å². The van der Waals surface area contributed by atoms with E-state index < -0.39 is 0 Å². The molecule has 41 heavy (non-hydrogen) atoms. The van der Waals surface area contributed by atoms with Crippen LogP contribution in [0.3, 0.4) is 0 Å². The summed E-state index contributed by atoms with van der Waals surface area (Å²) in [5.41, 5.74) is 3.11. The molecule has 0 saturated carbocycles. The highest BCUT2D eigenvalue weighted by Crippen LogP contribution is 2.33. The number of methoxy groups -OCH3 is 1. The number of amides is 1. The molecule has 0 radical (unpaired) electrons. The molecule has 5 aromatic rings. The van der Waals surface area contributed by atoms with Gasteiger partial charge in [-0.25, -0.2) is 4.98 Å². The van der Waals surface area contributed by atoms with Crippen LogP contribution < -0.4 is 9.64 Å². The molecule has 1 aliphatic heterocycles. The lowest BCUT2D eigenvalue weighted by atomic mass is 10.2. The number of rotatable bonds is 8. The monoisotopic (exact) mass is 586 g/mol. The maximum atomic E-state index is 13.2. The second kappa shape index (κ2) is 12.1. The third-order valence-corrected chi connectivity index (χ3v) is 8.11. The first-order valence-electron chi connectivity index (χ1n) is 13.1. The van der Waals surface area contributed by atoms with Gasteiger partial charge in [-0.3, -0.25) is 9.36 Å². The van der Waals surface area contributed by atoms with Crippen LogP contribution >= 0.6 is 23.4 Å². The summed E-state index contributed by atoms with van der Waals surface area (Å²) in [6.45, 7) is 2.68. The van der Waals surface area contributed by atoms with Crippen LogP contribution in [0.15, 0.2) is 94.7 Å². The summed E-state index contributed by atoms with van der Waals surface area (Å²) in [7, 11) is 1.65. The zero-order valence-electron chi connectivity index (χ0n) is 22.3. The molecule has 1 saturated heterocycles. The van der Waals surface area contributed by atoms with Gasteiger partial charge in [-0.05, 0) is 48.5 Å². The standard InChI is InChI=1S/C30H27ClN6O3S/c1-39-23-13-11-21(12-14-23)35-15-17-36(18-16-35)29(38)26-19-40-27(32-26)20-41-30-34-33-28(24-9-5-6-10-25(24)31)37(30)22-7-3-2-4-8-22/h2-14,19H,15-18,20H2,1H3. The minimum Gasteiger partial charge on any atom is -0.497 e. The number of aromatic nitrogens is 4. The quantitative estimate of drug-likeness (QED) is 0.210. The van der Waals surface area contributed by atoms with E-state index in [4.69, 9.17) is 20.8 Å². The summed E-state index contributed by atoms with van der Waals surface area (Å²) < 4.78 is 12.9. The number of nitrogens with zero attached hydrogens (tertiary/aromatic N) is 6. The maximum absolute atomic E-state index is 13.2. The fourth-order valence-corrected chi connectivity index (χ4v) is 5.74. The van der Waals surface area contributed by atoms with Crippen LogP contribution in [0.5, 0.6) is 5.75 Å². The van der Waals surface area contributed by atoms with Gasteiger partial charge in [-0.15, -0.1) is 10.2 Å². The number of hydrogen-bond acceptors (Lipinski definition) is 8. The fourth-order valence-electron chi connectivity index (χ4n) is 4.71. The van der Waals surface area contributed by atoms with E-state index in [2.05, 4.69) is 20.1 Å². The van der Waals surface area contributed by atoms with Gasteiger partial charge in [0, 0.05) is 43.1 Å². The fraction of sp³-hybridized carbons (Fsp3) is 0.200. The lowest BCUT2D eigenvalue weighted by Gasteiger charge is -2.35. The van der Waals surface area contributed by atoms with Gasteiger partial charge in [0.1, 0.15) is 12.0 Å². The molecule has 1 amide bonds. The van der Waals surface area contributed by atoms with Crippen LogP contribution in [-0.2, 0) is 5.75 Å². The lowest BCUT2D eigenvalue weighted by Crippen LogP contribution is -2.48. The van der Waals surface area contributed by atoms with Crippen molar-refractivity contribution < 1.29 is 13.9 Å². The Morgan fingerprint density at radius 2 is 1.66 bits per heavy atom. The molecule has 9 nitrogen and oxygen atoms in total. The van der Waals surface area contributed by atoms with Crippen molar-refractivity contribution in [2.75, 3.05) is 38.2 Å². The number of oxazole rings is 1. The van der Waals surface area contributed by atoms with Crippen molar-refractivity contribution >= 4 is 35.0 Å². The zero-order valence-corrected chi connectivity index (χ0v) is 23.9. The van der Waals surface area contributed by atoms with Crippen molar-refractivity contribution in [1.29, 1.82) is 0 Å². The highest BCUT2D eigenvalue weighted by atomic mass is 35.5. The summed E-state index contributed by atoms with van der Waals surface area (Å²) in [4.78, 5) is 21.7. The smallest absolute Gasteiger partial charge is 0.275 e. The minimum atomic E-state index is -0.132. The predicted molar refractivity (Wildman–Crippen MR) is 159 cm³/mol. The van der Waals surface area contributed by atoms with E-state index >= 15 is 0 Å². The predicted octanol–water partition coefficient (Wildman–Crippen LogP) is 5.84. The first-order chi connectivity index (χ1) is 20.1. The lowest BCUT2D eigenvalue weighted by molar-refractivity contribution is 0.0741. The Balaban J connectivity index is 1.12. The highest BCUT2D eigenvalue weighted by molar-refractivity contribution is 7.98. The number of ether oxygens (including phenoxy) is 1. The first kappa shape index (κ1) is 26.9. The number of piperazine rings is 1. The number of anilines is 1. The molecule has 1 aliphatic rings. The Bertz CT molecular complexity index is 1630. The van der Waals surface area contributed by atoms with E-state index in [9.17, 15) is 4.79 Å². The van der Waals surface area contributed by atoms with Crippen LogP contribution in [0.2, 0.25) is 5.02 Å². The number of para-hydroxylation sites is 1. The number of halogens is 1. The van der Waals surface area contributed by atoms with Crippen LogP contribution in [0.4, 0.5) is 5.69 Å². The van der Waals surface area contributed by atoms with E-state index in [1.54, 1.807) is 7.11 Å². The molecule has 0 bridgehead atoms. The molecule has 0 atom stereocenters. The number of thioether (sulfide) groups is 1. The zero-order chi connectivity index (χ0) is 28.2. The Morgan fingerprint density at radius 3 is 2.39 bits per heavy atom. The van der Waals surface area contributed by atoms with E-state index in [1.807, 2.05) is 88.3 Å². The van der Waals surface area contributed by atoms with Crippen molar-refractivity contribution in [3.05, 3.63) is 102 Å². The molecule has 0 aliphatic carbocycles. The Kier molecular flexibility index (Phi) is 7.93. The third kappa shape index (κ3) is 5.79. The number of benzene rings is 3. The molecule has 1 fully saturated rings. The molecule has 0 N–H and O–H groups in total. The SMILES string of the molecule is COc1ccc(N2CCN(C(=O)c3coc(CSc4nnc(-c5ccccc5Cl)n4-c4ccccc4)n3)CC2)cc1. The molecule has 3 aromatic carbocycles. The summed E-state index contributed by atoms with van der Waals surface area (Å²) in [6.07, 6.45) is 1.44. The molecule has 3 heterocycles. The molecule has 11 heteroatoms. The van der Waals surface area contributed by atoms with Gasteiger partial charge in [0.2, 0.25) is 5.89 Å². The molecule has 0 unspecified atom stereocenters. The van der Waals surface area contributed by atoms with Crippen LogP contribution in [0, 0.1) is 0 Å². The van der Waals surface area contributed by atoms with Gasteiger partial charge in [-0.2, -0.15) is 0 Å². The van der Waals surface area contributed by atoms with E-state index in [-0.39, 0.29) is 5.91 Å². The van der Waals surface area contributed by atoms with Crippen LogP contribution in [-0.4, -0.2) is 63.8 Å². The largest absolute Gasteiger partial charge is 0.497 e. The number of carbonyl (C=O) groups excluding carboxylic acids is 1. The van der Waals surface area contributed by atoms with E-state index in [0.29, 0.717) is 46.4 Å². The summed E-state index contributed by atoms with van der Waals surface area (Å²) in [6, 6.07) is 25.4. The molecular weight excluding hydrogens is 560 g/mol. The third-order valence-electron chi connectivity index (χ3n) is 6.86. The molecular formula is C30H27ClN6O3S. The summed E-state index contributed by atoms with van der Waals surface area (Å²) in [5.74, 6) is 2.15. The molecule has 208 valence electrons. The number of carbonyl (C=O) groups is 1. The maximum Gasteiger partial charge on any atom is 0.275 e. The number of hydrogen-bond donors (Lipinski definition) is 0.